The Balaban J connectivity index is 0.000000701. The van der Waals surface area contributed by atoms with Crippen molar-refractivity contribution < 1.29 is 48.5 Å². The van der Waals surface area contributed by atoms with Crippen LogP contribution in [0, 0.1) is 29.4 Å². The predicted octanol–water partition coefficient (Wildman–Crippen LogP) is 4.21. The molecule has 0 saturated heterocycles. The van der Waals surface area contributed by atoms with E-state index in [1.807, 2.05) is 48.6 Å². The van der Waals surface area contributed by atoms with E-state index in [9.17, 15) is 14.9 Å². The minimum Gasteiger partial charge on any atom is -0.463 e. The molecule has 2 aromatic carbocycles. The second-order valence-corrected chi connectivity index (χ2v) is 6.84. The smallest absolute Gasteiger partial charge is 0.463 e. The zero-order valence-electron chi connectivity index (χ0n) is 18.0. The van der Waals surface area contributed by atoms with Gasteiger partial charge in [-0.25, -0.2) is 42.5 Å². The first-order valence-electron chi connectivity index (χ1n) is 9.81. The normalized spacial score (nSPS) is 15.8. The van der Waals surface area contributed by atoms with E-state index < -0.39 is 17.4 Å². The summed E-state index contributed by atoms with van der Waals surface area (Å²) < 4.78 is 5.09. The number of nitrogens with zero attached hydrogens (tertiary/aromatic N) is 1. The van der Waals surface area contributed by atoms with Crippen molar-refractivity contribution in [1.82, 2.24) is 5.32 Å². The number of carbonyl (C=O) groups is 2. The molecule has 0 fully saturated rings. The van der Waals surface area contributed by atoms with Gasteiger partial charge in [-0.15, -0.1) is 12.0 Å². The summed E-state index contributed by atoms with van der Waals surface area (Å²) in [4.78, 5) is 23.7. The van der Waals surface area contributed by atoms with E-state index in [0.29, 0.717) is 5.56 Å². The average Bonchev–Trinajstić information content (AvgIpc) is 3.61. The van der Waals surface area contributed by atoms with Gasteiger partial charge < -0.3 is 10.1 Å². The van der Waals surface area contributed by atoms with Gasteiger partial charge in [0.15, 0.2) is 11.4 Å². The number of esters is 1. The van der Waals surface area contributed by atoms with Crippen LogP contribution in [0.1, 0.15) is 23.7 Å². The topological polar surface area (TPSA) is 79.2 Å². The first-order valence-corrected chi connectivity index (χ1v) is 9.81. The maximum absolute atomic E-state index is 11.9. The third-order valence-corrected chi connectivity index (χ3v) is 4.14. The van der Waals surface area contributed by atoms with Crippen LogP contribution in [-0.4, -0.2) is 24.0 Å². The van der Waals surface area contributed by atoms with Crippen molar-refractivity contribution in [3.8, 4) is 6.07 Å². The van der Waals surface area contributed by atoms with E-state index >= 15 is 0 Å². The van der Waals surface area contributed by atoms with Crippen LogP contribution in [-0.2, 0) is 43.7 Å². The molecule has 0 heterocycles. The standard InChI is InChI=1S/C16H14N2O3.2C5H5.2Fe/c1-16(10-17,18-14(19)12-6-2-3-7-12)11-21-15(20)13-8-4-5-9-13;2*1-2-4-5-3-1;;/h2-8,13H,11H2,1H3,(H,18,19);1-3H,4H2;1-5H;;/q-2;2*-1;2*+2/t13-,16?;;;;/m1..../s1. The van der Waals surface area contributed by atoms with Crippen molar-refractivity contribution in [3.05, 3.63) is 109 Å². The first kappa shape index (κ1) is 30.1. The number of ether oxygens (including phenoxy) is 1. The van der Waals surface area contributed by atoms with Crippen LogP contribution < -0.4 is 5.32 Å². The van der Waals surface area contributed by atoms with Crippen LogP contribution in [0.25, 0.3) is 0 Å². The van der Waals surface area contributed by atoms with E-state index in [1.165, 1.54) is 6.92 Å². The summed E-state index contributed by atoms with van der Waals surface area (Å²) in [5.41, 5.74) is -0.825. The fraction of sp³-hybridized carbons (Fsp3) is 0.192. The number of allylic oxidation sites excluding steroid dienone is 6. The van der Waals surface area contributed by atoms with Crippen molar-refractivity contribution in [2.45, 2.75) is 18.9 Å². The Morgan fingerprint density at radius 3 is 2.39 bits per heavy atom. The van der Waals surface area contributed by atoms with E-state index in [4.69, 9.17) is 4.74 Å². The molecule has 2 aromatic rings. The third-order valence-electron chi connectivity index (χ3n) is 4.14. The van der Waals surface area contributed by atoms with Gasteiger partial charge in [0.2, 0.25) is 0 Å². The average molecular weight is 524 g/mol. The van der Waals surface area contributed by atoms with Gasteiger partial charge in [-0.3, -0.25) is 21.7 Å². The molecule has 1 N–H and O–H groups in total. The molecule has 5 nitrogen and oxygen atoms in total. The predicted molar refractivity (Wildman–Crippen MR) is 119 cm³/mol. The molecular formula is C26H24Fe2N2O3. The Morgan fingerprint density at radius 2 is 1.97 bits per heavy atom. The summed E-state index contributed by atoms with van der Waals surface area (Å²) in [6, 6.07) is 18.7. The second kappa shape index (κ2) is 16.7. The van der Waals surface area contributed by atoms with Crippen LogP contribution in [0.2, 0.25) is 0 Å². The first-order chi connectivity index (χ1) is 15.0. The van der Waals surface area contributed by atoms with Crippen LogP contribution in [0.5, 0.6) is 0 Å². The van der Waals surface area contributed by atoms with Gasteiger partial charge in [0.05, 0.1) is 6.07 Å². The third kappa shape index (κ3) is 11.5. The fourth-order valence-electron chi connectivity index (χ4n) is 2.44. The summed E-state index contributed by atoms with van der Waals surface area (Å²) in [5.74, 6) is -1.42. The van der Waals surface area contributed by atoms with Gasteiger partial charge in [-0.05, 0) is 6.92 Å². The molecule has 2 aliphatic carbocycles. The van der Waals surface area contributed by atoms with Crippen molar-refractivity contribution in [2.75, 3.05) is 6.61 Å². The van der Waals surface area contributed by atoms with Gasteiger partial charge >= 0.3 is 34.1 Å². The molecule has 2 aliphatic rings. The molecule has 1 unspecified atom stereocenters. The zero-order valence-corrected chi connectivity index (χ0v) is 20.2. The van der Waals surface area contributed by atoms with E-state index in [-0.39, 0.29) is 46.7 Å². The van der Waals surface area contributed by atoms with E-state index in [1.54, 1.807) is 42.5 Å². The molecule has 33 heavy (non-hydrogen) atoms. The molecule has 0 aliphatic heterocycles. The van der Waals surface area contributed by atoms with Crippen molar-refractivity contribution in [1.29, 1.82) is 5.26 Å². The second-order valence-electron chi connectivity index (χ2n) is 6.84. The molecule has 0 spiro atoms. The zero-order chi connectivity index (χ0) is 22.4. The van der Waals surface area contributed by atoms with Crippen LogP contribution >= 0.6 is 0 Å². The maximum atomic E-state index is 11.9. The summed E-state index contributed by atoms with van der Waals surface area (Å²) in [5, 5.41) is 11.8. The van der Waals surface area contributed by atoms with Gasteiger partial charge in [0.25, 0.3) is 5.97 Å². The van der Waals surface area contributed by atoms with Crippen LogP contribution in [0.15, 0.2) is 91.1 Å². The molecular weight excluding hydrogens is 500 g/mol. The fourth-order valence-corrected chi connectivity index (χ4v) is 2.44. The van der Waals surface area contributed by atoms with Gasteiger partial charge in [-0.1, -0.05) is 0 Å². The van der Waals surface area contributed by atoms with Crippen molar-refractivity contribution in [3.63, 3.8) is 0 Å². The molecule has 1 amide bonds. The number of carbonyl (C=O) groups excluding carboxylic acids is 2. The maximum Gasteiger partial charge on any atom is 2.00 e. The largest absolute Gasteiger partial charge is 2.00 e. The van der Waals surface area contributed by atoms with Crippen LogP contribution in [0.4, 0.5) is 0 Å². The van der Waals surface area contributed by atoms with Gasteiger partial charge in [-0.2, -0.15) is 53.8 Å². The molecule has 0 aromatic heterocycles. The van der Waals surface area contributed by atoms with Crippen LogP contribution in [0.3, 0.4) is 0 Å². The minimum absolute atomic E-state index is 0. The molecule has 172 valence electrons. The number of hydrogen-bond acceptors (Lipinski definition) is 4. The Morgan fingerprint density at radius 1 is 1.21 bits per heavy atom. The number of rotatable bonds is 5. The van der Waals surface area contributed by atoms with Crippen molar-refractivity contribution >= 4 is 11.9 Å². The summed E-state index contributed by atoms with van der Waals surface area (Å²) in [7, 11) is 0. The number of amides is 1. The van der Waals surface area contributed by atoms with Gasteiger partial charge in [0, 0.05) is 5.92 Å². The monoisotopic (exact) mass is 524 g/mol. The quantitative estimate of drug-likeness (QED) is 0.361. The molecule has 0 bridgehead atoms. The molecule has 0 saturated carbocycles. The Labute approximate surface area is 216 Å². The molecule has 4 rings (SSSR count). The number of nitrogens with one attached hydrogen (secondary N) is 1. The Kier molecular flexibility index (Phi) is 15.3. The summed E-state index contributed by atoms with van der Waals surface area (Å²) in [6.45, 7) is 1.28. The number of hydrogen-bond donors (Lipinski definition) is 1. The molecule has 0 radical (unpaired) electrons. The van der Waals surface area contributed by atoms with E-state index in [0.717, 1.165) is 6.42 Å². The summed E-state index contributed by atoms with van der Waals surface area (Å²) in [6.07, 6.45) is 17.8. The molecule has 7 heteroatoms. The Bertz CT molecular complexity index is 929. The Hall–Kier alpha value is -2.87. The van der Waals surface area contributed by atoms with Crippen molar-refractivity contribution in [2.24, 2.45) is 5.92 Å². The minimum atomic E-state index is -1.28. The molecule has 2 atom stereocenters. The summed E-state index contributed by atoms with van der Waals surface area (Å²) >= 11 is 0. The van der Waals surface area contributed by atoms with E-state index in [2.05, 4.69) is 23.5 Å². The number of nitriles is 1. The van der Waals surface area contributed by atoms with Gasteiger partial charge in [0.1, 0.15) is 6.61 Å². The SMILES string of the molecule is CC(C#N)(COC(=O)[C@H]1[C-]=CC=C1)NC(=O)c1cc[cH-]c1.[C-]1=CC=CC1.[Fe+2].[Fe+2].c1cc[cH-]c1.